The number of benzene rings is 2. The molecule has 0 unspecified atom stereocenters. The van der Waals surface area contributed by atoms with E-state index < -0.39 is 5.60 Å². The average Bonchev–Trinajstić information content (AvgIpc) is 3.15. The summed E-state index contributed by atoms with van der Waals surface area (Å²) in [5, 5.41) is 0. The van der Waals surface area contributed by atoms with Gasteiger partial charge in [0.05, 0.1) is 23.3 Å². The van der Waals surface area contributed by atoms with Crippen molar-refractivity contribution in [3.05, 3.63) is 64.1 Å². The highest BCUT2D eigenvalue weighted by molar-refractivity contribution is 5.90. The van der Waals surface area contributed by atoms with Gasteiger partial charge in [-0.15, -0.1) is 0 Å². The van der Waals surface area contributed by atoms with E-state index in [1.54, 1.807) is 9.47 Å². The number of amides is 1. The highest BCUT2D eigenvalue weighted by atomic mass is 16.6. The predicted octanol–water partition coefficient (Wildman–Crippen LogP) is 3.68. The van der Waals surface area contributed by atoms with Crippen molar-refractivity contribution in [2.75, 3.05) is 11.4 Å². The molecule has 0 bridgehead atoms. The second kappa shape index (κ2) is 6.30. The number of rotatable bonds is 2. The van der Waals surface area contributed by atoms with Crippen molar-refractivity contribution in [3.63, 3.8) is 0 Å². The number of aromatic amines is 1. The van der Waals surface area contributed by atoms with Gasteiger partial charge < -0.3 is 9.72 Å². The van der Waals surface area contributed by atoms with Crippen molar-refractivity contribution in [3.8, 4) is 0 Å². The second-order valence-corrected chi connectivity index (χ2v) is 7.88. The lowest BCUT2D eigenvalue weighted by atomic mass is 10.1. The Morgan fingerprint density at radius 2 is 1.96 bits per heavy atom. The zero-order chi connectivity index (χ0) is 19.2. The Morgan fingerprint density at radius 3 is 2.74 bits per heavy atom. The van der Waals surface area contributed by atoms with E-state index in [4.69, 9.17) is 4.74 Å². The number of anilines is 1. The molecule has 0 aliphatic carbocycles. The van der Waals surface area contributed by atoms with Crippen molar-refractivity contribution < 1.29 is 9.53 Å². The summed E-state index contributed by atoms with van der Waals surface area (Å²) in [7, 11) is 0. The molecule has 0 atom stereocenters. The van der Waals surface area contributed by atoms with Gasteiger partial charge in [-0.25, -0.2) is 9.59 Å². The highest BCUT2D eigenvalue weighted by Crippen LogP contribution is 2.30. The summed E-state index contributed by atoms with van der Waals surface area (Å²) in [5.74, 6) is 0. The summed E-state index contributed by atoms with van der Waals surface area (Å²) in [6.07, 6.45) is 0.465. The largest absolute Gasteiger partial charge is 0.443 e. The SMILES string of the molecule is CC(C)(C)OC(=O)N1CCc2cc(Cn3c(=O)[nH]c4ccccc43)ccc21. The summed E-state index contributed by atoms with van der Waals surface area (Å²) in [6.45, 7) is 6.70. The summed E-state index contributed by atoms with van der Waals surface area (Å²) < 4.78 is 7.23. The molecular formula is C21H23N3O3. The number of hydrogen-bond donors (Lipinski definition) is 1. The third kappa shape index (κ3) is 3.35. The minimum Gasteiger partial charge on any atom is -0.443 e. The van der Waals surface area contributed by atoms with Gasteiger partial charge in [-0.3, -0.25) is 9.47 Å². The monoisotopic (exact) mass is 365 g/mol. The van der Waals surface area contributed by atoms with E-state index >= 15 is 0 Å². The Hall–Kier alpha value is -3.02. The van der Waals surface area contributed by atoms with Crippen molar-refractivity contribution in [1.82, 2.24) is 9.55 Å². The average molecular weight is 365 g/mol. The Bertz CT molecular complexity index is 1070. The minimum atomic E-state index is -0.518. The van der Waals surface area contributed by atoms with Gasteiger partial charge in [-0.05, 0) is 56.5 Å². The third-order valence-electron chi connectivity index (χ3n) is 4.68. The zero-order valence-electron chi connectivity index (χ0n) is 15.8. The van der Waals surface area contributed by atoms with Gasteiger partial charge in [-0.1, -0.05) is 24.3 Å². The third-order valence-corrected chi connectivity index (χ3v) is 4.68. The van der Waals surface area contributed by atoms with Gasteiger partial charge in [-0.2, -0.15) is 0 Å². The number of imidazole rings is 1. The van der Waals surface area contributed by atoms with Crippen LogP contribution in [0.2, 0.25) is 0 Å². The molecular weight excluding hydrogens is 342 g/mol. The van der Waals surface area contributed by atoms with Crippen LogP contribution in [-0.2, 0) is 17.7 Å². The number of carbonyl (C=O) groups excluding carboxylic acids is 1. The molecule has 0 saturated heterocycles. The minimum absolute atomic E-state index is 0.118. The van der Waals surface area contributed by atoms with E-state index in [0.717, 1.165) is 34.3 Å². The number of para-hydroxylation sites is 2. The lowest BCUT2D eigenvalue weighted by molar-refractivity contribution is 0.0584. The van der Waals surface area contributed by atoms with Gasteiger partial charge in [0.25, 0.3) is 0 Å². The molecule has 1 amide bonds. The molecule has 0 saturated carbocycles. The number of ether oxygens (including phenoxy) is 1. The first-order valence-electron chi connectivity index (χ1n) is 9.12. The molecule has 140 valence electrons. The quantitative estimate of drug-likeness (QED) is 0.753. The number of fused-ring (bicyclic) bond motifs is 2. The summed E-state index contributed by atoms with van der Waals surface area (Å²) >= 11 is 0. The molecule has 3 aromatic rings. The molecule has 2 aromatic carbocycles. The van der Waals surface area contributed by atoms with E-state index in [1.165, 1.54) is 0 Å². The fourth-order valence-corrected chi connectivity index (χ4v) is 3.51. The van der Waals surface area contributed by atoms with Crippen molar-refractivity contribution in [2.45, 2.75) is 39.3 Å². The smallest absolute Gasteiger partial charge is 0.414 e. The zero-order valence-corrected chi connectivity index (χ0v) is 15.8. The first-order valence-corrected chi connectivity index (χ1v) is 9.12. The molecule has 27 heavy (non-hydrogen) atoms. The topological polar surface area (TPSA) is 67.3 Å². The standard InChI is InChI=1S/C21H23N3O3/c1-21(2,3)27-20(26)23-11-10-15-12-14(8-9-17(15)23)13-24-18-7-5-4-6-16(18)22-19(24)25/h4-9,12H,10-11,13H2,1-3H3,(H,22,25). The van der Waals surface area contributed by atoms with Crippen LogP contribution in [0.1, 0.15) is 31.9 Å². The predicted molar refractivity (Wildman–Crippen MR) is 105 cm³/mol. The van der Waals surface area contributed by atoms with Gasteiger partial charge in [0.2, 0.25) is 0 Å². The Balaban J connectivity index is 1.60. The van der Waals surface area contributed by atoms with Crippen LogP contribution in [0.25, 0.3) is 11.0 Å². The van der Waals surface area contributed by atoms with Gasteiger partial charge in [0.1, 0.15) is 5.60 Å². The maximum absolute atomic E-state index is 12.4. The maximum Gasteiger partial charge on any atom is 0.414 e. The normalized spacial score (nSPS) is 13.8. The van der Waals surface area contributed by atoms with E-state index in [1.807, 2.05) is 57.2 Å². The highest BCUT2D eigenvalue weighted by Gasteiger charge is 2.29. The van der Waals surface area contributed by atoms with E-state index in [-0.39, 0.29) is 11.8 Å². The molecule has 1 aliphatic heterocycles. The number of aromatic nitrogens is 2. The first kappa shape index (κ1) is 17.4. The molecule has 6 nitrogen and oxygen atoms in total. The van der Waals surface area contributed by atoms with Crippen LogP contribution < -0.4 is 10.6 Å². The van der Waals surface area contributed by atoms with Gasteiger partial charge in [0.15, 0.2) is 0 Å². The fourth-order valence-electron chi connectivity index (χ4n) is 3.51. The molecule has 1 N–H and O–H groups in total. The van der Waals surface area contributed by atoms with Crippen LogP contribution >= 0.6 is 0 Å². The van der Waals surface area contributed by atoms with Crippen LogP contribution in [0.5, 0.6) is 0 Å². The summed E-state index contributed by atoms with van der Waals surface area (Å²) in [6, 6.07) is 13.7. The number of nitrogens with one attached hydrogen (secondary N) is 1. The van der Waals surface area contributed by atoms with Crippen LogP contribution in [0.15, 0.2) is 47.3 Å². The molecule has 2 heterocycles. The number of hydrogen-bond acceptors (Lipinski definition) is 3. The Morgan fingerprint density at radius 1 is 1.19 bits per heavy atom. The number of carbonyl (C=O) groups is 1. The molecule has 0 spiro atoms. The lowest BCUT2D eigenvalue weighted by Gasteiger charge is -2.24. The summed E-state index contributed by atoms with van der Waals surface area (Å²) in [5.41, 5.74) is 4.11. The van der Waals surface area contributed by atoms with E-state index in [2.05, 4.69) is 11.1 Å². The molecule has 4 rings (SSSR count). The first-order chi connectivity index (χ1) is 12.8. The Labute approximate surface area is 157 Å². The molecule has 1 aliphatic rings. The van der Waals surface area contributed by atoms with Crippen LogP contribution in [0, 0.1) is 0 Å². The van der Waals surface area contributed by atoms with Gasteiger partial charge in [0, 0.05) is 6.54 Å². The van der Waals surface area contributed by atoms with E-state index in [0.29, 0.717) is 13.1 Å². The number of nitrogens with zero attached hydrogens (tertiary/aromatic N) is 2. The molecule has 0 fully saturated rings. The van der Waals surface area contributed by atoms with Crippen molar-refractivity contribution in [1.29, 1.82) is 0 Å². The molecule has 1 aromatic heterocycles. The lowest BCUT2D eigenvalue weighted by Crippen LogP contribution is -2.35. The van der Waals surface area contributed by atoms with Crippen LogP contribution in [0.3, 0.4) is 0 Å². The number of H-pyrrole nitrogens is 1. The molecule has 6 heteroatoms. The Kier molecular flexibility index (Phi) is 4.06. The van der Waals surface area contributed by atoms with Crippen molar-refractivity contribution >= 4 is 22.8 Å². The van der Waals surface area contributed by atoms with Crippen LogP contribution in [0.4, 0.5) is 10.5 Å². The van der Waals surface area contributed by atoms with Crippen molar-refractivity contribution in [2.24, 2.45) is 0 Å². The second-order valence-electron chi connectivity index (χ2n) is 7.88. The van der Waals surface area contributed by atoms with E-state index in [9.17, 15) is 9.59 Å². The summed E-state index contributed by atoms with van der Waals surface area (Å²) in [4.78, 5) is 29.3. The maximum atomic E-state index is 12.4. The van der Waals surface area contributed by atoms with Gasteiger partial charge >= 0.3 is 11.8 Å². The fraction of sp³-hybridized carbons (Fsp3) is 0.333. The molecule has 0 radical (unpaired) electrons. The van der Waals surface area contributed by atoms with Crippen LogP contribution in [-0.4, -0.2) is 27.8 Å².